The Morgan fingerprint density at radius 1 is 1.36 bits per heavy atom. The summed E-state index contributed by atoms with van der Waals surface area (Å²) >= 11 is 0. The van der Waals surface area contributed by atoms with Crippen molar-refractivity contribution in [3.05, 3.63) is 29.8 Å². The van der Waals surface area contributed by atoms with Gasteiger partial charge in [0.1, 0.15) is 5.75 Å². The molecule has 1 heterocycles. The average molecular weight is 191 g/mol. The molecule has 1 aliphatic rings. The van der Waals surface area contributed by atoms with Crippen LogP contribution in [0.1, 0.15) is 18.9 Å². The zero-order chi connectivity index (χ0) is 10.0. The van der Waals surface area contributed by atoms with Crippen LogP contribution in [0.15, 0.2) is 29.4 Å². The van der Waals surface area contributed by atoms with Crippen LogP contribution in [-0.4, -0.2) is 13.3 Å². The van der Waals surface area contributed by atoms with Gasteiger partial charge in [0, 0.05) is 12.6 Å². The summed E-state index contributed by atoms with van der Waals surface area (Å²) < 4.78 is 5.09. The molecule has 2 rings (SSSR count). The van der Waals surface area contributed by atoms with Crippen molar-refractivity contribution in [2.75, 3.05) is 7.11 Å². The topological polar surface area (TPSA) is 30.8 Å². The van der Waals surface area contributed by atoms with Crippen LogP contribution in [0.2, 0.25) is 0 Å². The zero-order valence-electron chi connectivity index (χ0n) is 8.36. The molecule has 0 spiro atoms. The quantitative estimate of drug-likeness (QED) is 0.718. The fourth-order valence-corrected chi connectivity index (χ4v) is 1.52. The summed E-state index contributed by atoms with van der Waals surface area (Å²) in [6.45, 7) is 2.03. The smallest absolute Gasteiger partial charge is 0.164 e. The van der Waals surface area contributed by atoms with Crippen LogP contribution in [0.25, 0.3) is 0 Å². The second-order valence-corrected chi connectivity index (χ2v) is 3.54. The van der Waals surface area contributed by atoms with E-state index in [-0.39, 0.29) is 5.60 Å². The van der Waals surface area contributed by atoms with Crippen LogP contribution >= 0.6 is 0 Å². The number of nitrogens with zero attached hydrogens (tertiary/aromatic N) is 1. The van der Waals surface area contributed by atoms with E-state index in [1.807, 2.05) is 31.2 Å². The second-order valence-electron chi connectivity index (χ2n) is 3.54. The monoisotopic (exact) mass is 191 g/mol. The largest absolute Gasteiger partial charge is 0.497 e. The first kappa shape index (κ1) is 9.06. The van der Waals surface area contributed by atoms with Crippen LogP contribution in [0, 0.1) is 0 Å². The first-order chi connectivity index (χ1) is 6.74. The van der Waals surface area contributed by atoms with E-state index in [1.54, 1.807) is 13.3 Å². The van der Waals surface area contributed by atoms with E-state index in [1.165, 1.54) is 0 Å². The van der Waals surface area contributed by atoms with Crippen molar-refractivity contribution < 1.29 is 9.57 Å². The zero-order valence-corrected chi connectivity index (χ0v) is 8.36. The SMILES string of the molecule is COc1ccc(C2(C)CC=NO2)cc1. The van der Waals surface area contributed by atoms with Crippen LogP contribution in [0.4, 0.5) is 0 Å². The summed E-state index contributed by atoms with van der Waals surface area (Å²) in [4.78, 5) is 5.33. The van der Waals surface area contributed by atoms with E-state index < -0.39 is 0 Å². The highest BCUT2D eigenvalue weighted by Gasteiger charge is 2.31. The third-order valence-electron chi connectivity index (χ3n) is 2.51. The standard InChI is InChI=1S/C11H13NO2/c1-11(7-8-12-14-11)9-3-5-10(13-2)6-4-9/h3-6,8H,7H2,1-2H3. The second kappa shape index (κ2) is 3.33. The maximum atomic E-state index is 5.33. The van der Waals surface area contributed by atoms with Crippen LogP contribution in [0.3, 0.4) is 0 Å². The lowest BCUT2D eigenvalue weighted by atomic mass is 9.93. The Labute approximate surface area is 83.3 Å². The van der Waals surface area contributed by atoms with Crippen LogP contribution in [-0.2, 0) is 10.4 Å². The van der Waals surface area contributed by atoms with E-state index in [4.69, 9.17) is 9.57 Å². The molecule has 1 aromatic carbocycles. The molecule has 0 amide bonds. The van der Waals surface area contributed by atoms with Gasteiger partial charge in [-0.2, -0.15) is 0 Å². The lowest BCUT2D eigenvalue weighted by molar-refractivity contribution is -0.00740. The van der Waals surface area contributed by atoms with Gasteiger partial charge in [0.05, 0.1) is 7.11 Å². The number of oxime groups is 1. The summed E-state index contributed by atoms with van der Waals surface area (Å²) in [7, 11) is 1.66. The van der Waals surface area contributed by atoms with Gasteiger partial charge in [0.25, 0.3) is 0 Å². The van der Waals surface area contributed by atoms with Gasteiger partial charge in [-0.3, -0.25) is 0 Å². The molecular weight excluding hydrogens is 178 g/mol. The predicted octanol–water partition coefficient (Wildman–Crippen LogP) is 2.32. The van der Waals surface area contributed by atoms with Gasteiger partial charge in [-0.1, -0.05) is 17.3 Å². The first-order valence-corrected chi connectivity index (χ1v) is 4.59. The first-order valence-electron chi connectivity index (χ1n) is 4.59. The number of ether oxygens (including phenoxy) is 1. The number of hydrogen-bond donors (Lipinski definition) is 0. The predicted molar refractivity (Wildman–Crippen MR) is 54.5 cm³/mol. The number of rotatable bonds is 2. The molecule has 0 fully saturated rings. The average Bonchev–Trinajstić information content (AvgIpc) is 2.67. The third kappa shape index (κ3) is 1.45. The fourth-order valence-electron chi connectivity index (χ4n) is 1.52. The summed E-state index contributed by atoms with van der Waals surface area (Å²) in [6, 6.07) is 7.88. The highest BCUT2D eigenvalue weighted by molar-refractivity contribution is 5.60. The molecule has 3 heteroatoms. The van der Waals surface area contributed by atoms with Crippen molar-refractivity contribution in [3.63, 3.8) is 0 Å². The minimum absolute atomic E-state index is 0.299. The Morgan fingerprint density at radius 2 is 2.07 bits per heavy atom. The van der Waals surface area contributed by atoms with E-state index in [0.717, 1.165) is 17.7 Å². The van der Waals surface area contributed by atoms with E-state index in [0.29, 0.717) is 0 Å². The summed E-state index contributed by atoms with van der Waals surface area (Å²) in [6.07, 6.45) is 2.61. The summed E-state index contributed by atoms with van der Waals surface area (Å²) in [5.41, 5.74) is 0.822. The van der Waals surface area contributed by atoms with Gasteiger partial charge < -0.3 is 9.57 Å². The Hall–Kier alpha value is -1.51. The Balaban J connectivity index is 2.24. The van der Waals surface area contributed by atoms with Gasteiger partial charge in [0.15, 0.2) is 5.60 Å². The van der Waals surface area contributed by atoms with Gasteiger partial charge in [-0.05, 0) is 24.6 Å². The molecule has 0 radical (unpaired) electrons. The van der Waals surface area contributed by atoms with Gasteiger partial charge in [-0.15, -0.1) is 0 Å². The molecule has 0 saturated heterocycles. The van der Waals surface area contributed by atoms with Crippen molar-refractivity contribution in [1.82, 2.24) is 0 Å². The lowest BCUT2D eigenvalue weighted by Gasteiger charge is -2.21. The number of benzene rings is 1. The maximum absolute atomic E-state index is 5.33. The fraction of sp³-hybridized carbons (Fsp3) is 0.364. The summed E-state index contributed by atoms with van der Waals surface area (Å²) in [5, 5.41) is 3.80. The molecule has 1 aromatic rings. The minimum atomic E-state index is -0.299. The molecule has 1 unspecified atom stereocenters. The van der Waals surface area contributed by atoms with Crippen molar-refractivity contribution in [3.8, 4) is 5.75 Å². The molecule has 1 aliphatic heterocycles. The highest BCUT2D eigenvalue weighted by Crippen LogP contribution is 2.32. The lowest BCUT2D eigenvalue weighted by Crippen LogP contribution is -2.19. The highest BCUT2D eigenvalue weighted by atomic mass is 16.7. The summed E-state index contributed by atoms with van der Waals surface area (Å²) in [5.74, 6) is 0.858. The normalized spacial score (nSPS) is 24.7. The third-order valence-corrected chi connectivity index (χ3v) is 2.51. The molecule has 0 aliphatic carbocycles. The van der Waals surface area contributed by atoms with E-state index in [9.17, 15) is 0 Å². The molecule has 0 bridgehead atoms. The number of methoxy groups -OCH3 is 1. The van der Waals surface area contributed by atoms with Crippen molar-refractivity contribution in [2.24, 2.45) is 5.16 Å². The van der Waals surface area contributed by atoms with E-state index in [2.05, 4.69) is 5.16 Å². The van der Waals surface area contributed by atoms with Gasteiger partial charge in [-0.25, -0.2) is 0 Å². The Bertz CT molecular complexity index is 335. The molecule has 0 N–H and O–H groups in total. The van der Waals surface area contributed by atoms with Gasteiger partial charge in [0.2, 0.25) is 0 Å². The molecular formula is C11H13NO2. The molecule has 0 aromatic heterocycles. The van der Waals surface area contributed by atoms with Crippen molar-refractivity contribution >= 4 is 6.21 Å². The Kier molecular flexibility index (Phi) is 2.15. The van der Waals surface area contributed by atoms with Crippen LogP contribution in [0.5, 0.6) is 5.75 Å². The molecule has 14 heavy (non-hydrogen) atoms. The molecule has 74 valence electrons. The van der Waals surface area contributed by atoms with Crippen LogP contribution < -0.4 is 4.74 Å². The molecule has 1 atom stereocenters. The van der Waals surface area contributed by atoms with Gasteiger partial charge >= 0.3 is 0 Å². The van der Waals surface area contributed by atoms with Crippen molar-refractivity contribution in [2.45, 2.75) is 18.9 Å². The minimum Gasteiger partial charge on any atom is -0.497 e. The number of hydrogen-bond acceptors (Lipinski definition) is 3. The Morgan fingerprint density at radius 3 is 2.57 bits per heavy atom. The maximum Gasteiger partial charge on any atom is 0.164 e. The molecule has 3 nitrogen and oxygen atoms in total. The van der Waals surface area contributed by atoms with Crippen molar-refractivity contribution in [1.29, 1.82) is 0 Å². The molecule has 0 saturated carbocycles. The van der Waals surface area contributed by atoms with E-state index >= 15 is 0 Å².